The van der Waals surface area contributed by atoms with Gasteiger partial charge in [-0.25, -0.2) is 4.98 Å². The molecule has 1 fully saturated rings. The molecule has 4 rings (SSSR count). The molecule has 1 amide bonds. The third-order valence-corrected chi connectivity index (χ3v) is 5.95. The molecular weight excluding hydrogens is 424 g/mol. The molecule has 0 spiro atoms. The first-order chi connectivity index (χ1) is 16.7. The van der Waals surface area contributed by atoms with Gasteiger partial charge in [0.1, 0.15) is 18.2 Å². The fraction of sp³-hybridized carbons (Fsp3) is 0.286. The molecule has 0 unspecified atom stereocenters. The Labute approximate surface area is 201 Å². The fourth-order valence-electron chi connectivity index (χ4n) is 3.87. The Hall–Kier alpha value is -3.64. The Kier molecular flexibility index (Phi) is 8.30. The van der Waals surface area contributed by atoms with Gasteiger partial charge in [0.15, 0.2) is 0 Å². The molecule has 1 aromatic heterocycles. The Bertz CT molecular complexity index is 1080. The number of likely N-dealkylation sites (N-methyl/N-ethyl adjacent to an activating group) is 1. The monoisotopic (exact) mass is 456 g/mol. The van der Waals surface area contributed by atoms with Crippen LogP contribution in [0.25, 0.3) is 6.08 Å². The number of ether oxygens (including phenoxy) is 1. The number of piperazine rings is 1. The minimum Gasteiger partial charge on any atom is -0.489 e. The summed E-state index contributed by atoms with van der Waals surface area (Å²) in [7, 11) is 0. The number of carbonyl (C=O) groups excluding carboxylic acids is 1. The van der Waals surface area contributed by atoms with Gasteiger partial charge in [0.25, 0.3) is 0 Å². The van der Waals surface area contributed by atoms with Crippen molar-refractivity contribution in [3.63, 3.8) is 0 Å². The van der Waals surface area contributed by atoms with Crippen LogP contribution in [-0.4, -0.2) is 48.5 Å². The van der Waals surface area contributed by atoms with Crippen LogP contribution in [0.3, 0.4) is 0 Å². The highest BCUT2D eigenvalue weighted by molar-refractivity contribution is 5.91. The van der Waals surface area contributed by atoms with E-state index in [2.05, 4.69) is 27.0 Å². The van der Waals surface area contributed by atoms with Crippen LogP contribution in [0.2, 0.25) is 0 Å². The van der Waals surface area contributed by atoms with Crippen molar-refractivity contribution in [3.05, 3.63) is 95.7 Å². The van der Waals surface area contributed by atoms with Crippen molar-refractivity contribution >= 4 is 17.8 Å². The van der Waals surface area contributed by atoms with Crippen LogP contribution >= 0.6 is 0 Å². The van der Waals surface area contributed by atoms with Crippen LogP contribution < -0.4 is 15.0 Å². The molecule has 0 atom stereocenters. The number of benzene rings is 2. The molecule has 3 aromatic rings. The van der Waals surface area contributed by atoms with Gasteiger partial charge in [-0.3, -0.25) is 4.79 Å². The average Bonchev–Trinajstić information content (AvgIpc) is 2.91. The predicted molar refractivity (Wildman–Crippen MR) is 137 cm³/mol. The van der Waals surface area contributed by atoms with E-state index in [1.54, 1.807) is 12.2 Å². The van der Waals surface area contributed by atoms with Gasteiger partial charge < -0.3 is 19.9 Å². The molecule has 0 bridgehead atoms. The van der Waals surface area contributed by atoms with E-state index in [1.165, 1.54) is 0 Å². The molecule has 176 valence electrons. The summed E-state index contributed by atoms with van der Waals surface area (Å²) in [6.45, 7) is 8.40. The zero-order chi connectivity index (χ0) is 23.6. The quantitative estimate of drug-likeness (QED) is 0.491. The summed E-state index contributed by atoms with van der Waals surface area (Å²) in [5.41, 5.74) is 3.01. The highest BCUT2D eigenvalue weighted by Gasteiger charge is 2.16. The summed E-state index contributed by atoms with van der Waals surface area (Å²) in [6.07, 6.45) is 5.19. The van der Waals surface area contributed by atoms with E-state index < -0.39 is 0 Å². The number of anilines is 1. The maximum Gasteiger partial charge on any atom is 0.244 e. The Morgan fingerprint density at radius 2 is 1.82 bits per heavy atom. The summed E-state index contributed by atoms with van der Waals surface area (Å²) in [4.78, 5) is 21.7. The maximum absolute atomic E-state index is 12.3. The van der Waals surface area contributed by atoms with Crippen molar-refractivity contribution in [3.8, 4) is 5.75 Å². The van der Waals surface area contributed by atoms with E-state index in [-0.39, 0.29) is 5.91 Å². The number of hydrogen-bond donors (Lipinski definition) is 1. The molecule has 2 aromatic carbocycles. The lowest BCUT2D eigenvalue weighted by molar-refractivity contribution is -0.116. The van der Waals surface area contributed by atoms with Gasteiger partial charge in [-0.15, -0.1) is 0 Å². The number of amides is 1. The molecule has 1 saturated heterocycles. The van der Waals surface area contributed by atoms with Gasteiger partial charge in [0, 0.05) is 45.0 Å². The van der Waals surface area contributed by atoms with Crippen LogP contribution in [0.5, 0.6) is 5.75 Å². The third kappa shape index (κ3) is 6.93. The van der Waals surface area contributed by atoms with Gasteiger partial charge in [0.05, 0.1) is 0 Å². The molecule has 0 radical (unpaired) electrons. The lowest BCUT2D eigenvalue weighted by Gasteiger charge is -2.34. The first-order valence-electron chi connectivity index (χ1n) is 11.8. The minimum atomic E-state index is -0.143. The third-order valence-electron chi connectivity index (χ3n) is 5.95. The summed E-state index contributed by atoms with van der Waals surface area (Å²) in [6, 6.07) is 21.8. The first kappa shape index (κ1) is 23.5. The van der Waals surface area contributed by atoms with Crippen LogP contribution in [0.1, 0.15) is 23.6 Å². The second-order valence-corrected chi connectivity index (χ2v) is 8.34. The van der Waals surface area contributed by atoms with Gasteiger partial charge in [0.2, 0.25) is 5.91 Å². The first-order valence-corrected chi connectivity index (χ1v) is 11.8. The predicted octanol–water partition coefficient (Wildman–Crippen LogP) is 4.13. The largest absolute Gasteiger partial charge is 0.489 e. The Balaban J connectivity index is 1.23. The van der Waals surface area contributed by atoms with Gasteiger partial charge >= 0.3 is 0 Å². The standard InChI is InChI=1S/C28H32N4O2/c1-2-31-15-17-32(18-16-31)27-13-11-25(20-29-27)21-30-28(33)14-12-23-9-6-10-26(19-23)34-22-24-7-4-3-5-8-24/h3-14,19-20H,2,15-18,21-22H2,1H3,(H,30,33)/b14-12+. The van der Waals surface area contributed by atoms with Crippen LogP contribution in [0.4, 0.5) is 5.82 Å². The second-order valence-electron chi connectivity index (χ2n) is 8.34. The summed E-state index contributed by atoms with van der Waals surface area (Å²) >= 11 is 0. The Morgan fingerprint density at radius 3 is 2.56 bits per heavy atom. The number of nitrogens with one attached hydrogen (secondary N) is 1. The van der Waals surface area contributed by atoms with E-state index in [9.17, 15) is 4.79 Å². The summed E-state index contributed by atoms with van der Waals surface area (Å²) in [5, 5.41) is 2.93. The van der Waals surface area contributed by atoms with Crippen molar-refractivity contribution in [2.24, 2.45) is 0 Å². The number of aromatic nitrogens is 1. The topological polar surface area (TPSA) is 57.7 Å². The number of nitrogens with zero attached hydrogens (tertiary/aromatic N) is 3. The number of carbonyl (C=O) groups is 1. The SMILES string of the molecule is CCN1CCN(c2ccc(CNC(=O)/C=C/c3cccc(OCc4ccccc4)c3)cn2)CC1. The van der Waals surface area contributed by atoms with Crippen molar-refractivity contribution in [1.29, 1.82) is 0 Å². The molecule has 34 heavy (non-hydrogen) atoms. The number of hydrogen-bond acceptors (Lipinski definition) is 5. The normalized spacial score (nSPS) is 14.3. The van der Waals surface area contributed by atoms with Crippen molar-refractivity contribution in [1.82, 2.24) is 15.2 Å². The average molecular weight is 457 g/mol. The minimum absolute atomic E-state index is 0.143. The van der Waals surface area contributed by atoms with E-state index in [1.807, 2.05) is 72.9 Å². The molecule has 6 heteroatoms. The number of pyridine rings is 1. The molecule has 6 nitrogen and oxygen atoms in total. The molecule has 0 aliphatic carbocycles. The highest BCUT2D eigenvalue weighted by Crippen LogP contribution is 2.17. The smallest absolute Gasteiger partial charge is 0.244 e. The van der Waals surface area contributed by atoms with Crippen LogP contribution in [0.15, 0.2) is 79.0 Å². The molecule has 1 aliphatic rings. The zero-order valence-electron chi connectivity index (χ0n) is 19.7. The Morgan fingerprint density at radius 1 is 1.00 bits per heavy atom. The van der Waals surface area contributed by atoms with Crippen molar-refractivity contribution in [2.45, 2.75) is 20.1 Å². The fourth-order valence-corrected chi connectivity index (χ4v) is 3.87. The molecule has 0 saturated carbocycles. The number of rotatable bonds is 9. The lowest BCUT2D eigenvalue weighted by atomic mass is 10.2. The summed E-state index contributed by atoms with van der Waals surface area (Å²) < 4.78 is 5.86. The molecule has 2 heterocycles. The van der Waals surface area contributed by atoms with E-state index >= 15 is 0 Å². The van der Waals surface area contributed by atoms with Gasteiger partial charge in [-0.05, 0) is 47.5 Å². The van der Waals surface area contributed by atoms with E-state index in [4.69, 9.17) is 4.74 Å². The zero-order valence-corrected chi connectivity index (χ0v) is 19.7. The summed E-state index contributed by atoms with van der Waals surface area (Å²) in [5.74, 6) is 1.63. The van der Waals surface area contributed by atoms with Crippen molar-refractivity contribution in [2.75, 3.05) is 37.6 Å². The van der Waals surface area contributed by atoms with Gasteiger partial charge in [-0.2, -0.15) is 0 Å². The highest BCUT2D eigenvalue weighted by atomic mass is 16.5. The van der Waals surface area contributed by atoms with Gasteiger partial charge in [-0.1, -0.05) is 55.5 Å². The maximum atomic E-state index is 12.3. The molecule has 1 aliphatic heterocycles. The molecule has 1 N–H and O–H groups in total. The van der Waals surface area contributed by atoms with Crippen LogP contribution in [0, 0.1) is 0 Å². The van der Waals surface area contributed by atoms with Crippen molar-refractivity contribution < 1.29 is 9.53 Å². The lowest BCUT2D eigenvalue weighted by Crippen LogP contribution is -2.46. The molecular formula is C28H32N4O2. The van der Waals surface area contributed by atoms with Crippen LogP contribution in [-0.2, 0) is 17.9 Å². The van der Waals surface area contributed by atoms with E-state index in [0.29, 0.717) is 13.2 Å². The van der Waals surface area contributed by atoms with E-state index in [0.717, 1.165) is 61.0 Å². The second kappa shape index (κ2) is 12.0.